The van der Waals surface area contributed by atoms with Crippen LogP contribution < -0.4 is 0 Å². The fourth-order valence-corrected chi connectivity index (χ4v) is 3.76. The highest BCUT2D eigenvalue weighted by Gasteiger charge is 2.19. The average molecular weight is 336 g/mol. The fraction of sp³-hybridized carbons (Fsp3) is 0.400. The summed E-state index contributed by atoms with van der Waals surface area (Å²) >= 11 is 0. The number of para-hydroxylation sites is 1. The summed E-state index contributed by atoms with van der Waals surface area (Å²) in [5.41, 5.74) is 2.81. The molecule has 1 amide bonds. The van der Waals surface area contributed by atoms with E-state index in [0.29, 0.717) is 18.2 Å². The summed E-state index contributed by atoms with van der Waals surface area (Å²) in [5.74, 6) is 0.0146. The molecule has 0 spiro atoms. The third-order valence-corrected chi connectivity index (χ3v) is 5.14. The molecule has 0 aliphatic heterocycles. The van der Waals surface area contributed by atoms with Gasteiger partial charge in [0.25, 0.3) is 5.91 Å². The first-order valence-electron chi connectivity index (χ1n) is 9.07. The minimum Gasteiger partial charge on any atom is -0.357 e. The van der Waals surface area contributed by atoms with Crippen molar-refractivity contribution in [2.45, 2.75) is 44.7 Å². The summed E-state index contributed by atoms with van der Waals surface area (Å²) in [4.78, 5) is 17.8. The summed E-state index contributed by atoms with van der Waals surface area (Å²) in [6.07, 6.45) is 9.79. The predicted molar refractivity (Wildman–Crippen MR) is 98.4 cm³/mol. The quantitative estimate of drug-likeness (QED) is 0.778. The molecule has 0 bridgehead atoms. The van der Waals surface area contributed by atoms with E-state index in [1.807, 2.05) is 30.1 Å². The molecule has 2 aromatic heterocycles. The van der Waals surface area contributed by atoms with Crippen LogP contribution in [0.15, 0.2) is 42.7 Å². The molecule has 0 radical (unpaired) electrons. The first-order valence-corrected chi connectivity index (χ1v) is 9.07. The molecule has 0 saturated heterocycles. The second-order valence-electron chi connectivity index (χ2n) is 7.04. The van der Waals surface area contributed by atoms with Gasteiger partial charge >= 0.3 is 0 Å². The number of hydrogen-bond acceptors (Lipinski definition) is 2. The molecule has 130 valence electrons. The van der Waals surface area contributed by atoms with Gasteiger partial charge in [-0.25, -0.2) is 0 Å². The lowest BCUT2D eigenvalue weighted by molar-refractivity contribution is 0.0783. The molecule has 5 heteroatoms. The Labute approximate surface area is 147 Å². The number of carbonyl (C=O) groups is 1. The van der Waals surface area contributed by atoms with E-state index >= 15 is 0 Å². The molecule has 25 heavy (non-hydrogen) atoms. The van der Waals surface area contributed by atoms with Gasteiger partial charge in [0.05, 0.1) is 24.3 Å². The number of nitrogens with zero attached hydrogens (tertiary/aromatic N) is 3. The number of aromatic nitrogens is 3. The van der Waals surface area contributed by atoms with Crippen molar-refractivity contribution in [3.63, 3.8) is 0 Å². The second kappa shape index (κ2) is 6.75. The monoisotopic (exact) mass is 336 g/mol. The standard InChI is InChI=1S/C20H24N4O/c1-23(14-17-11-15-7-5-6-10-19(15)22-17)20(25)16-12-21-24(13-16)18-8-3-2-4-9-18/h5-7,10-13,18,22H,2-4,8-9,14H2,1H3. The molecule has 1 fully saturated rings. The lowest BCUT2D eigenvalue weighted by Gasteiger charge is -2.21. The first-order chi connectivity index (χ1) is 12.2. The number of aromatic amines is 1. The Morgan fingerprint density at radius 1 is 1.28 bits per heavy atom. The van der Waals surface area contributed by atoms with E-state index in [1.165, 1.54) is 37.5 Å². The van der Waals surface area contributed by atoms with E-state index in [4.69, 9.17) is 0 Å². The van der Waals surface area contributed by atoms with Gasteiger partial charge in [0.1, 0.15) is 0 Å². The number of amides is 1. The van der Waals surface area contributed by atoms with Crippen molar-refractivity contribution in [1.82, 2.24) is 19.7 Å². The maximum Gasteiger partial charge on any atom is 0.257 e. The van der Waals surface area contributed by atoms with E-state index < -0.39 is 0 Å². The SMILES string of the molecule is CN(Cc1cc2ccccc2[nH]1)C(=O)c1cnn(C2CCCCC2)c1. The van der Waals surface area contributed by atoms with Gasteiger partial charge in [-0.15, -0.1) is 0 Å². The molecule has 1 saturated carbocycles. The minimum absolute atomic E-state index is 0.0146. The van der Waals surface area contributed by atoms with Crippen LogP contribution in [-0.2, 0) is 6.54 Å². The summed E-state index contributed by atoms with van der Waals surface area (Å²) in [6, 6.07) is 10.7. The van der Waals surface area contributed by atoms with Crippen LogP contribution in [0.4, 0.5) is 0 Å². The van der Waals surface area contributed by atoms with Crippen molar-refractivity contribution in [1.29, 1.82) is 0 Å². The molecule has 4 rings (SSSR count). The third kappa shape index (κ3) is 3.31. The molecule has 5 nitrogen and oxygen atoms in total. The van der Waals surface area contributed by atoms with Crippen LogP contribution in [0, 0.1) is 0 Å². The largest absolute Gasteiger partial charge is 0.357 e. The van der Waals surface area contributed by atoms with Crippen molar-refractivity contribution in [3.05, 3.63) is 54.0 Å². The summed E-state index contributed by atoms with van der Waals surface area (Å²) in [7, 11) is 1.84. The van der Waals surface area contributed by atoms with Crippen molar-refractivity contribution in [2.24, 2.45) is 0 Å². The maximum absolute atomic E-state index is 12.7. The molecular formula is C20H24N4O. The highest BCUT2D eigenvalue weighted by atomic mass is 16.2. The smallest absolute Gasteiger partial charge is 0.257 e. The van der Waals surface area contributed by atoms with Crippen LogP contribution in [0.5, 0.6) is 0 Å². The number of H-pyrrole nitrogens is 1. The van der Waals surface area contributed by atoms with E-state index in [2.05, 4.69) is 28.3 Å². The zero-order valence-electron chi connectivity index (χ0n) is 14.6. The van der Waals surface area contributed by atoms with Gasteiger partial charge in [0, 0.05) is 24.5 Å². The van der Waals surface area contributed by atoms with Crippen LogP contribution in [0.2, 0.25) is 0 Å². The highest BCUT2D eigenvalue weighted by molar-refractivity contribution is 5.93. The van der Waals surface area contributed by atoms with Gasteiger partial charge < -0.3 is 9.88 Å². The topological polar surface area (TPSA) is 53.9 Å². The van der Waals surface area contributed by atoms with E-state index in [0.717, 1.165) is 11.2 Å². The Morgan fingerprint density at radius 3 is 2.88 bits per heavy atom. The Hall–Kier alpha value is -2.56. The molecule has 1 aliphatic carbocycles. The summed E-state index contributed by atoms with van der Waals surface area (Å²) in [6.45, 7) is 0.558. The van der Waals surface area contributed by atoms with Crippen molar-refractivity contribution in [2.75, 3.05) is 7.05 Å². The summed E-state index contributed by atoms with van der Waals surface area (Å²) in [5, 5.41) is 5.62. The predicted octanol–water partition coefficient (Wildman–Crippen LogP) is 4.14. The molecular weight excluding hydrogens is 312 g/mol. The lowest BCUT2D eigenvalue weighted by Crippen LogP contribution is -2.26. The van der Waals surface area contributed by atoms with Gasteiger partial charge in [-0.05, 0) is 30.4 Å². The molecule has 1 aliphatic rings. The maximum atomic E-state index is 12.7. The number of carbonyl (C=O) groups excluding carboxylic acids is 1. The van der Waals surface area contributed by atoms with Gasteiger partial charge in [-0.1, -0.05) is 37.5 Å². The van der Waals surface area contributed by atoms with Crippen molar-refractivity contribution in [3.8, 4) is 0 Å². The second-order valence-corrected chi connectivity index (χ2v) is 7.04. The average Bonchev–Trinajstić information content (AvgIpc) is 3.28. The molecule has 2 heterocycles. The fourth-order valence-electron chi connectivity index (χ4n) is 3.76. The number of fused-ring (bicyclic) bond motifs is 1. The summed E-state index contributed by atoms with van der Waals surface area (Å²) < 4.78 is 1.99. The van der Waals surface area contributed by atoms with Gasteiger partial charge in [0.15, 0.2) is 0 Å². The number of nitrogens with one attached hydrogen (secondary N) is 1. The normalized spacial score (nSPS) is 15.6. The van der Waals surface area contributed by atoms with Crippen molar-refractivity contribution < 1.29 is 4.79 Å². The minimum atomic E-state index is 0.0146. The third-order valence-electron chi connectivity index (χ3n) is 5.14. The molecule has 1 N–H and O–H groups in total. The Kier molecular flexibility index (Phi) is 4.30. The van der Waals surface area contributed by atoms with Crippen LogP contribution in [-0.4, -0.2) is 32.6 Å². The van der Waals surface area contributed by atoms with Crippen LogP contribution >= 0.6 is 0 Å². The Morgan fingerprint density at radius 2 is 2.08 bits per heavy atom. The van der Waals surface area contributed by atoms with Gasteiger partial charge in [-0.2, -0.15) is 5.10 Å². The van der Waals surface area contributed by atoms with E-state index in [1.54, 1.807) is 11.1 Å². The van der Waals surface area contributed by atoms with Gasteiger partial charge in [-0.3, -0.25) is 9.48 Å². The Bertz CT molecular complexity index is 840. The number of rotatable bonds is 4. The molecule has 0 unspecified atom stereocenters. The number of benzene rings is 1. The first kappa shape index (κ1) is 15.9. The van der Waals surface area contributed by atoms with Crippen LogP contribution in [0.3, 0.4) is 0 Å². The van der Waals surface area contributed by atoms with Crippen LogP contribution in [0.1, 0.15) is 54.2 Å². The zero-order chi connectivity index (χ0) is 17.2. The molecule has 1 aromatic carbocycles. The molecule has 3 aromatic rings. The Balaban J connectivity index is 1.45. The zero-order valence-corrected chi connectivity index (χ0v) is 14.6. The van der Waals surface area contributed by atoms with E-state index in [9.17, 15) is 4.79 Å². The highest BCUT2D eigenvalue weighted by Crippen LogP contribution is 2.27. The van der Waals surface area contributed by atoms with Gasteiger partial charge in [0.2, 0.25) is 0 Å². The number of hydrogen-bond donors (Lipinski definition) is 1. The molecule has 0 atom stereocenters. The lowest BCUT2D eigenvalue weighted by atomic mass is 9.96. The van der Waals surface area contributed by atoms with E-state index in [-0.39, 0.29) is 5.91 Å². The van der Waals surface area contributed by atoms with Crippen molar-refractivity contribution >= 4 is 16.8 Å². The van der Waals surface area contributed by atoms with Crippen LogP contribution in [0.25, 0.3) is 10.9 Å².